The fourth-order valence-corrected chi connectivity index (χ4v) is 3.64. The molecule has 114 valence electrons. The van der Waals surface area contributed by atoms with Crippen LogP contribution in [0.25, 0.3) is 0 Å². The van der Waals surface area contributed by atoms with Crippen LogP contribution in [0.15, 0.2) is 24.3 Å². The summed E-state index contributed by atoms with van der Waals surface area (Å²) in [4.78, 5) is 0. The van der Waals surface area contributed by atoms with Crippen LogP contribution in [-0.2, 0) is 0 Å². The van der Waals surface area contributed by atoms with Gasteiger partial charge in [0.2, 0.25) is 0 Å². The number of hydrogen-bond donors (Lipinski definition) is 0. The maximum absolute atomic E-state index is 9.41. The van der Waals surface area contributed by atoms with Crippen LogP contribution in [0.4, 0.5) is 0 Å². The molecule has 1 aliphatic rings. The predicted octanol–water partition coefficient (Wildman–Crippen LogP) is 5.41. The monoisotopic (exact) mass is 397 g/mol. The summed E-state index contributed by atoms with van der Waals surface area (Å²) in [6, 6.07) is 10.6. The van der Waals surface area contributed by atoms with Gasteiger partial charge in [0.1, 0.15) is 11.9 Å². The van der Waals surface area contributed by atoms with Crippen LogP contribution in [-0.4, -0.2) is 6.10 Å². The van der Waals surface area contributed by atoms with Gasteiger partial charge in [-0.05, 0) is 71.4 Å². The molecule has 0 amide bonds. The molecule has 2 nitrogen and oxygen atoms in total. The Hall–Kier alpha value is -0.760. The first kappa shape index (κ1) is 16.6. The summed E-state index contributed by atoms with van der Waals surface area (Å²) in [5.41, 5.74) is 0.327. The lowest BCUT2D eigenvalue weighted by Gasteiger charge is -2.41. The Morgan fingerprint density at radius 1 is 1.38 bits per heavy atom. The van der Waals surface area contributed by atoms with Crippen LogP contribution in [0, 0.1) is 32.2 Å². The van der Waals surface area contributed by atoms with Gasteiger partial charge < -0.3 is 4.74 Å². The average molecular weight is 397 g/mol. The van der Waals surface area contributed by atoms with E-state index in [4.69, 9.17) is 4.74 Å². The molecule has 3 heteroatoms. The van der Waals surface area contributed by atoms with Gasteiger partial charge in [-0.2, -0.15) is 5.26 Å². The maximum atomic E-state index is 9.41. The zero-order chi connectivity index (χ0) is 15.5. The molecule has 1 aliphatic carbocycles. The highest BCUT2D eigenvalue weighted by Crippen LogP contribution is 2.43. The number of ether oxygens (including phenoxy) is 1. The molecule has 1 saturated carbocycles. The first-order valence-corrected chi connectivity index (χ1v) is 8.86. The van der Waals surface area contributed by atoms with E-state index in [1.807, 2.05) is 18.2 Å². The van der Waals surface area contributed by atoms with E-state index in [0.717, 1.165) is 25.0 Å². The molecule has 1 fully saturated rings. The Bertz CT molecular complexity index is 520. The van der Waals surface area contributed by atoms with Crippen molar-refractivity contribution in [1.82, 2.24) is 0 Å². The molecular formula is C18H24INO. The van der Waals surface area contributed by atoms with Gasteiger partial charge in [0.05, 0.1) is 12.0 Å². The topological polar surface area (TPSA) is 33.0 Å². The number of hydrogen-bond acceptors (Lipinski definition) is 2. The summed E-state index contributed by atoms with van der Waals surface area (Å²) in [5.74, 6) is 1.55. The third-order valence-electron chi connectivity index (χ3n) is 5.06. The summed E-state index contributed by atoms with van der Waals surface area (Å²) in [5, 5.41) is 9.41. The lowest BCUT2D eigenvalue weighted by atomic mass is 9.67. The molecule has 0 saturated heterocycles. The van der Waals surface area contributed by atoms with Crippen molar-refractivity contribution in [2.45, 2.75) is 52.6 Å². The van der Waals surface area contributed by atoms with E-state index in [2.05, 4.69) is 55.5 Å². The third kappa shape index (κ3) is 4.12. The first-order valence-electron chi connectivity index (χ1n) is 7.78. The van der Waals surface area contributed by atoms with Crippen LogP contribution < -0.4 is 4.74 Å². The number of benzene rings is 1. The SMILES string of the molecule is CCC(C)(C)C1CCC(C#N)C(Oc2cccc(I)c2)C1. The first-order chi connectivity index (χ1) is 9.96. The molecule has 0 bridgehead atoms. The molecule has 0 spiro atoms. The lowest BCUT2D eigenvalue weighted by Crippen LogP contribution is -2.38. The van der Waals surface area contributed by atoms with Gasteiger partial charge in [-0.1, -0.05) is 33.3 Å². The van der Waals surface area contributed by atoms with Crippen LogP contribution in [0.3, 0.4) is 0 Å². The second kappa shape index (κ2) is 7.00. The van der Waals surface area contributed by atoms with E-state index in [9.17, 15) is 5.26 Å². The van der Waals surface area contributed by atoms with Crippen molar-refractivity contribution < 1.29 is 4.74 Å². The smallest absolute Gasteiger partial charge is 0.120 e. The largest absolute Gasteiger partial charge is 0.489 e. The Morgan fingerprint density at radius 2 is 2.14 bits per heavy atom. The number of halogens is 1. The fourth-order valence-electron chi connectivity index (χ4n) is 3.12. The second-order valence-electron chi connectivity index (χ2n) is 6.70. The van der Waals surface area contributed by atoms with E-state index in [0.29, 0.717) is 11.3 Å². The summed E-state index contributed by atoms with van der Waals surface area (Å²) in [7, 11) is 0. The summed E-state index contributed by atoms with van der Waals surface area (Å²) in [6.07, 6.45) is 4.29. The fraction of sp³-hybridized carbons (Fsp3) is 0.611. The second-order valence-corrected chi connectivity index (χ2v) is 7.95. The van der Waals surface area contributed by atoms with Crippen LogP contribution in [0.1, 0.15) is 46.5 Å². The van der Waals surface area contributed by atoms with Crippen LogP contribution in [0.5, 0.6) is 5.75 Å². The van der Waals surface area contributed by atoms with E-state index in [1.54, 1.807) is 0 Å². The third-order valence-corrected chi connectivity index (χ3v) is 5.73. The Balaban J connectivity index is 2.12. The molecule has 0 aromatic heterocycles. The lowest BCUT2D eigenvalue weighted by molar-refractivity contribution is 0.0409. The van der Waals surface area contributed by atoms with Crippen LogP contribution >= 0.6 is 22.6 Å². The van der Waals surface area contributed by atoms with Crippen molar-refractivity contribution in [3.05, 3.63) is 27.8 Å². The minimum Gasteiger partial charge on any atom is -0.489 e. The highest BCUT2D eigenvalue weighted by molar-refractivity contribution is 14.1. The molecule has 3 unspecified atom stereocenters. The van der Waals surface area contributed by atoms with Crippen molar-refractivity contribution in [2.24, 2.45) is 17.3 Å². The highest BCUT2D eigenvalue weighted by Gasteiger charge is 2.38. The molecule has 0 radical (unpaired) electrons. The molecule has 2 rings (SSSR count). The molecular weight excluding hydrogens is 373 g/mol. The molecule has 0 heterocycles. The zero-order valence-corrected chi connectivity index (χ0v) is 15.3. The summed E-state index contributed by atoms with van der Waals surface area (Å²) >= 11 is 2.29. The van der Waals surface area contributed by atoms with E-state index in [1.165, 1.54) is 9.99 Å². The van der Waals surface area contributed by atoms with E-state index >= 15 is 0 Å². The zero-order valence-electron chi connectivity index (χ0n) is 13.1. The minimum absolute atomic E-state index is 0.0202. The molecule has 0 aliphatic heterocycles. The summed E-state index contributed by atoms with van der Waals surface area (Å²) in [6.45, 7) is 6.94. The van der Waals surface area contributed by atoms with E-state index < -0.39 is 0 Å². The number of nitrogens with zero attached hydrogens (tertiary/aromatic N) is 1. The van der Waals surface area contributed by atoms with Gasteiger partial charge in [-0.25, -0.2) is 0 Å². The van der Waals surface area contributed by atoms with Gasteiger partial charge in [-0.15, -0.1) is 0 Å². The van der Waals surface area contributed by atoms with Crippen molar-refractivity contribution >= 4 is 22.6 Å². The van der Waals surface area contributed by atoms with Gasteiger partial charge in [-0.3, -0.25) is 0 Å². The summed E-state index contributed by atoms with van der Waals surface area (Å²) < 4.78 is 7.35. The van der Waals surface area contributed by atoms with Gasteiger partial charge in [0.25, 0.3) is 0 Å². The molecule has 0 N–H and O–H groups in total. The van der Waals surface area contributed by atoms with Crippen molar-refractivity contribution in [2.75, 3.05) is 0 Å². The molecule has 3 atom stereocenters. The molecule has 1 aromatic carbocycles. The Kier molecular flexibility index (Phi) is 5.54. The molecule has 1 aromatic rings. The number of rotatable bonds is 4. The van der Waals surface area contributed by atoms with Crippen molar-refractivity contribution in [1.29, 1.82) is 5.26 Å². The average Bonchev–Trinajstić information content (AvgIpc) is 2.47. The predicted molar refractivity (Wildman–Crippen MR) is 94.1 cm³/mol. The highest BCUT2D eigenvalue weighted by atomic mass is 127. The number of nitriles is 1. The van der Waals surface area contributed by atoms with Crippen molar-refractivity contribution in [3.63, 3.8) is 0 Å². The molecule has 21 heavy (non-hydrogen) atoms. The van der Waals surface area contributed by atoms with E-state index in [-0.39, 0.29) is 12.0 Å². The van der Waals surface area contributed by atoms with Gasteiger partial charge in [0, 0.05) is 3.57 Å². The minimum atomic E-state index is 0.0202. The Labute approximate surface area is 142 Å². The van der Waals surface area contributed by atoms with Gasteiger partial charge in [0.15, 0.2) is 0 Å². The van der Waals surface area contributed by atoms with Gasteiger partial charge >= 0.3 is 0 Å². The Morgan fingerprint density at radius 3 is 2.76 bits per heavy atom. The maximum Gasteiger partial charge on any atom is 0.120 e. The van der Waals surface area contributed by atoms with Crippen LogP contribution in [0.2, 0.25) is 0 Å². The standard InChI is InChI=1S/C18H24INO/c1-4-18(2,3)14-9-8-13(12-20)17(10-14)21-16-7-5-6-15(19)11-16/h5-7,11,13-14,17H,4,8-10H2,1-3H3. The quantitative estimate of drug-likeness (QED) is 0.636. The normalized spacial score (nSPS) is 26.1. The van der Waals surface area contributed by atoms with Crippen molar-refractivity contribution in [3.8, 4) is 11.8 Å².